The summed E-state index contributed by atoms with van der Waals surface area (Å²) in [5, 5.41) is 16.7. The predicted octanol–water partition coefficient (Wildman–Crippen LogP) is -2.27. The van der Waals surface area contributed by atoms with Crippen molar-refractivity contribution in [2.45, 2.75) is 43.9 Å². The number of carboxylic acid groups (broad SMARTS) is 1. The van der Waals surface area contributed by atoms with Crippen molar-refractivity contribution in [2.24, 2.45) is 5.73 Å². The molecule has 14 heteroatoms. The molecule has 13 nitrogen and oxygen atoms in total. The molecule has 0 saturated carbocycles. The molecule has 0 unspecified atom stereocenters. The van der Waals surface area contributed by atoms with Crippen molar-refractivity contribution in [1.29, 1.82) is 0 Å². The molecule has 0 aliphatic rings. The van der Waals surface area contributed by atoms with E-state index in [1.807, 2.05) is 0 Å². The molecule has 2 aromatic rings. The first-order chi connectivity index (χ1) is 15.2. The first kappa shape index (κ1) is 24.9. The van der Waals surface area contributed by atoms with Gasteiger partial charge in [-0.15, -0.1) is 0 Å². The summed E-state index contributed by atoms with van der Waals surface area (Å²) >= 11 is 4.06. The number of carboxylic acids is 1. The van der Waals surface area contributed by atoms with Gasteiger partial charge in [0.1, 0.15) is 18.1 Å². The molecular formula is C18H26N8O5S. The van der Waals surface area contributed by atoms with Crippen LogP contribution in [-0.4, -0.2) is 78.7 Å². The molecule has 0 aromatic carbocycles. The fourth-order valence-electron chi connectivity index (χ4n) is 2.69. The Balaban J connectivity index is 1.88. The summed E-state index contributed by atoms with van der Waals surface area (Å²) in [4.78, 5) is 61.9. The lowest BCUT2D eigenvalue weighted by atomic mass is 10.1. The molecule has 32 heavy (non-hydrogen) atoms. The van der Waals surface area contributed by atoms with E-state index in [9.17, 15) is 24.3 Å². The molecular weight excluding hydrogens is 440 g/mol. The van der Waals surface area contributed by atoms with Gasteiger partial charge in [-0.05, 0) is 6.92 Å². The number of H-pyrrole nitrogens is 2. The van der Waals surface area contributed by atoms with Crippen molar-refractivity contribution in [1.82, 2.24) is 35.9 Å². The van der Waals surface area contributed by atoms with Gasteiger partial charge >= 0.3 is 5.97 Å². The van der Waals surface area contributed by atoms with E-state index in [0.717, 1.165) is 0 Å². The van der Waals surface area contributed by atoms with Gasteiger partial charge < -0.3 is 36.8 Å². The molecule has 2 rings (SSSR count). The molecule has 4 atom stereocenters. The third-order valence-corrected chi connectivity index (χ3v) is 4.86. The van der Waals surface area contributed by atoms with Crippen LogP contribution in [0.25, 0.3) is 0 Å². The van der Waals surface area contributed by atoms with Crippen LogP contribution in [0, 0.1) is 0 Å². The van der Waals surface area contributed by atoms with Gasteiger partial charge in [0.25, 0.3) is 0 Å². The third kappa shape index (κ3) is 7.39. The molecule has 0 saturated heterocycles. The third-order valence-electron chi connectivity index (χ3n) is 4.49. The number of aromatic nitrogens is 4. The zero-order valence-electron chi connectivity index (χ0n) is 17.2. The number of nitrogens with zero attached hydrogens (tertiary/aromatic N) is 2. The Morgan fingerprint density at radius 3 is 2.03 bits per heavy atom. The lowest BCUT2D eigenvalue weighted by Gasteiger charge is -2.22. The standard InChI is InChI=1S/C18H26N8O5S/c1-9(24-16(28)12(19)2-10-4-20-7-22-10)15(27)26-14(6-32)17(29)25-13(18(30)31)3-11-5-21-8-23-11/h4-5,7-9,12-14,32H,2-3,6,19H2,1H3,(H,20,22)(H,21,23)(H,24,28)(H,25,29)(H,26,27)(H,30,31)/t9-,12-,13-,14-/m0/s1. The molecule has 0 fully saturated rings. The summed E-state index contributed by atoms with van der Waals surface area (Å²) in [6, 6.07) is -4.26. The summed E-state index contributed by atoms with van der Waals surface area (Å²) in [6.45, 7) is 1.43. The number of nitrogens with one attached hydrogen (secondary N) is 5. The summed E-state index contributed by atoms with van der Waals surface area (Å²) in [5.41, 5.74) is 7.03. The number of imidazole rings is 2. The van der Waals surface area contributed by atoms with Gasteiger partial charge in [0.2, 0.25) is 17.7 Å². The highest BCUT2D eigenvalue weighted by molar-refractivity contribution is 7.80. The van der Waals surface area contributed by atoms with Crippen LogP contribution in [0.4, 0.5) is 0 Å². The van der Waals surface area contributed by atoms with E-state index in [0.29, 0.717) is 11.4 Å². The summed E-state index contributed by atoms with van der Waals surface area (Å²) < 4.78 is 0. The number of thiol groups is 1. The first-order valence-electron chi connectivity index (χ1n) is 9.66. The molecule has 0 radical (unpaired) electrons. The molecule has 0 aliphatic carbocycles. The number of hydrogen-bond acceptors (Lipinski definition) is 8. The minimum absolute atomic E-state index is 0.0189. The van der Waals surface area contributed by atoms with Crippen LogP contribution in [0.3, 0.4) is 0 Å². The number of aliphatic carboxylic acids is 1. The summed E-state index contributed by atoms with van der Waals surface area (Å²) in [5.74, 6) is -3.27. The molecule has 8 N–H and O–H groups in total. The number of nitrogens with two attached hydrogens (primary N) is 1. The van der Waals surface area contributed by atoms with Crippen LogP contribution in [0.1, 0.15) is 18.3 Å². The van der Waals surface area contributed by atoms with Crippen molar-refractivity contribution in [3.8, 4) is 0 Å². The highest BCUT2D eigenvalue weighted by Crippen LogP contribution is 2.01. The number of carbonyl (C=O) groups excluding carboxylic acids is 3. The Hall–Kier alpha value is -3.39. The van der Waals surface area contributed by atoms with Crippen LogP contribution < -0.4 is 21.7 Å². The van der Waals surface area contributed by atoms with Crippen LogP contribution in [-0.2, 0) is 32.0 Å². The van der Waals surface area contributed by atoms with Crippen LogP contribution in [0.5, 0.6) is 0 Å². The van der Waals surface area contributed by atoms with Gasteiger partial charge in [-0.1, -0.05) is 0 Å². The Labute approximate surface area is 188 Å². The normalized spacial score (nSPS) is 14.6. The summed E-state index contributed by atoms with van der Waals surface area (Å²) in [7, 11) is 0. The first-order valence-corrected chi connectivity index (χ1v) is 10.3. The molecule has 0 bridgehead atoms. The van der Waals surface area contributed by atoms with Gasteiger partial charge in [-0.25, -0.2) is 14.8 Å². The maximum absolute atomic E-state index is 12.5. The van der Waals surface area contributed by atoms with E-state index in [1.165, 1.54) is 32.0 Å². The molecule has 3 amide bonds. The lowest BCUT2D eigenvalue weighted by molar-refractivity contribution is -0.142. The highest BCUT2D eigenvalue weighted by Gasteiger charge is 2.28. The number of hydrogen-bond donors (Lipinski definition) is 8. The van der Waals surface area contributed by atoms with Crippen LogP contribution >= 0.6 is 12.6 Å². The molecule has 2 aromatic heterocycles. The second-order valence-corrected chi connectivity index (χ2v) is 7.41. The topological polar surface area (TPSA) is 208 Å². The predicted molar refractivity (Wildman–Crippen MR) is 116 cm³/mol. The Morgan fingerprint density at radius 1 is 0.969 bits per heavy atom. The fraction of sp³-hybridized carbons (Fsp3) is 0.444. The van der Waals surface area contributed by atoms with Gasteiger partial charge in [0, 0.05) is 42.4 Å². The second kappa shape index (κ2) is 11.9. The van der Waals surface area contributed by atoms with Crippen LogP contribution in [0.15, 0.2) is 25.0 Å². The molecule has 0 aliphatic heterocycles. The van der Waals surface area contributed by atoms with Gasteiger partial charge in [0.15, 0.2) is 0 Å². The average Bonchev–Trinajstić information content (AvgIpc) is 3.45. The number of amides is 3. The minimum atomic E-state index is -1.25. The van der Waals surface area contributed by atoms with Crippen molar-refractivity contribution < 1.29 is 24.3 Å². The van der Waals surface area contributed by atoms with Gasteiger partial charge in [-0.3, -0.25) is 14.4 Å². The lowest BCUT2D eigenvalue weighted by Crippen LogP contribution is -2.57. The molecule has 174 valence electrons. The zero-order chi connectivity index (χ0) is 23.7. The Bertz CT molecular complexity index is 905. The van der Waals surface area contributed by atoms with E-state index in [-0.39, 0.29) is 18.6 Å². The van der Waals surface area contributed by atoms with E-state index >= 15 is 0 Å². The van der Waals surface area contributed by atoms with Gasteiger partial charge in [0.05, 0.1) is 18.7 Å². The smallest absolute Gasteiger partial charge is 0.326 e. The van der Waals surface area contributed by atoms with E-state index < -0.39 is 47.9 Å². The Kier molecular flexibility index (Phi) is 9.22. The quantitative estimate of drug-likeness (QED) is 0.160. The van der Waals surface area contributed by atoms with E-state index in [1.54, 1.807) is 0 Å². The maximum atomic E-state index is 12.5. The monoisotopic (exact) mass is 466 g/mol. The average molecular weight is 467 g/mol. The Morgan fingerprint density at radius 2 is 1.53 bits per heavy atom. The number of aromatic amines is 2. The second-order valence-electron chi connectivity index (χ2n) is 7.04. The van der Waals surface area contributed by atoms with Gasteiger partial charge in [-0.2, -0.15) is 12.6 Å². The molecule has 2 heterocycles. The van der Waals surface area contributed by atoms with Crippen molar-refractivity contribution in [2.75, 3.05) is 5.75 Å². The van der Waals surface area contributed by atoms with Crippen molar-refractivity contribution in [3.63, 3.8) is 0 Å². The number of carbonyl (C=O) groups is 4. The number of rotatable bonds is 12. The van der Waals surface area contributed by atoms with Crippen molar-refractivity contribution in [3.05, 3.63) is 36.4 Å². The zero-order valence-corrected chi connectivity index (χ0v) is 18.1. The molecule has 0 spiro atoms. The largest absolute Gasteiger partial charge is 0.480 e. The van der Waals surface area contributed by atoms with Crippen LogP contribution in [0.2, 0.25) is 0 Å². The fourth-order valence-corrected chi connectivity index (χ4v) is 2.95. The highest BCUT2D eigenvalue weighted by atomic mass is 32.1. The van der Waals surface area contributed by atoms with E-state index in [4.69, 9.17) is 5.73 Å². The van der Waals surface area contributed by atoms with E-state index in [2.05, 4.69) is 48.5 Å². The summed E-state index contributed by atoms with van der Waals surface area (Å²) in [6.07, 6.45) is 6.02. The van der Waals surface area contributed by atoms with Crippen molar-refractivity contribution >= 4 is 36.3 Å². The SMILES string of the molecule is C[C@H](NC(=O)[C@@H](N)Cc1cnc[nH]1)C(=O)N[C@@H](CS)C(=O)N[C@@H](Cc1cnc[nH]1)C(=O)O. The maximum Gasteiger partial charge on any atom is 0.326 e. The minimum Gasteiger partial charge on any atom is -0.480 e.